The molecule has 0 aromatic carbocycles. The largest absolute Gasteiger partial charge is 0.462 e. The zero-order valence-electron chi connectivity index (χ0n) is 15.8. The van der Waals surface area contributed by atoms with Gasteiger partial charge in [0, 0.05) is 10.8 Å². The van der Waals surface area contributed by atoms with Gasteiger partial charge in [-0.3, -0.25) is 4.79 Å². The van der Waals surface area contributed by atoms with Gasteiger partial charge in [-0.05, 0) is 68.8 Å². The van der Waals surface area contributed by atoms with Crippen LogP contribution in [0.1, 0.15) is 73.2 Å². The number of esters is 1. The summed E-state index contributed by atoms with van der Waals surface area (Å²) in [7, 11) is 0. The minimum Gasteiger partial charge on any atom is -0.462 e. The summed E-state index contributed by atoms with van der Waals surface area (Å²) in [5.74, 6) is 1.94. The number of carbonyl (C=O) groups excluding carboxylic acids is 2. The summed E-state index contributed by atoms with van der Waals surface area (Å²) in [6.45, 7) is 4.42. The van der Waals surface area contributed by atoms with E-state index in [0.717, 1.165) is 42.2 Å². The Balaban J connectivity index is 1.59. The average Bonchev–Trinajstić information content (AvgIpc) is 3.34. The molecule has 26 heavy (non-hydrogen) atoms. The van der Waals surface area contributed by atoms with E-state index < -0.39 is 0 Å². The van der Waals surface area contributed by atoms with E-state index in [1.54, 1.807) is 11.3 Å². The van der Waals surface area contributed by atoms with Gasteiger partial charge in [0.15, 0.2) is 0 Å². The zero-order valence-corrected chi connectivity index (χ0v) is 16.6. The Kier molecular flexibility index (Phi) is 5.09. The standard InChI is InChI=1S/C21H29NO3S/c1-3-12-6-8-15-17(11-12)26-20(18(15)21(24)25-4-2)22-19(23)16-10-13-5-7-14(16)9-13/h12-14,16H,3-11H2,1-2H3,(H,22,23)/t12-,13+,14-,16+/m1/s1. The fraction of sp³-hybridized carbons (Fsp3) is 0.714. The maximum absolute atomic E-state index is 12.9. The summed E-state index contributed by atoms with van der Waals surface area (Å²) in [5.41, 5.74) is 1.76. The minimum absolute atomic E-state index is 0.119. The first-order valence-corrected chi connectivity index (χ1v) is 11.0. The van der Waals surface area contributed by atoms with Crippen molar-refractivity contribution in [3.8, 4) is 0 Å². The molecule has 1 aromatic rings. The Bertz CT molecular complexity index is 710. The molecule has 0 aliphatic heterocycles. The predicted molar refractivity (Wildman–Crippen MR) is 104 cm³/mol. The smallest absolute Gasteiger partial charge is 0.341 e. The molecule has 4 atom stereocenters. The van der Waals surface area contributed by atoms with Crippen molar-refractivity contribution in [2.75, 3.05) is 11.9 Å². The lowest BCUT2D eigenvalue weighted by Crippen LogP contribution is -2.27. The molecule has 2 bridgehead atoms. The number of carbonyl (C=O) groups is 2. The number of hydrogen-bond donors (Lipinski definition) is 1. The average molecular weight is 376 g/mol. The summed E-state index contributed by atoms with van der Waals surface area (Å²) in [6.07, 6.45) is 8.93. The molecular formula is C21H29NO3S. The zero-order chi connectivity index (χ0) is 18.3. The first kappa shape index (κ1) is 18.0. The van der Waals surface area contributed by atoms with E-state index in [4.69, 9.17) is 4.74 Å². The third-order valence-corrected chi connectivity index (χ3v) is 7.91. The summed E-state index contributed by atoms with van der Waals surface area (Å²) in [6, 6.07) is 0. The summed E-state index contributed by atoms with van der Waals surface area (Å²) in [5, 5.41) is 3.88. The number of anilines is 1. The molecule has 3 aliphatic rings. The summed E-state index contributed by atoms with van der Waals surface area (Å²) >= 11 is 1.61. The maximum Gasteiger partial charge on any atom is 0.341 e. The topological polar surface area (TPSA) is 55.4 Å². The van der Waals surface area contributed by atoms with Crippen LogP contribution < -0.4 is 5.32 Å². The molecule has 1 amide bonds. The number of amides is 1. The second-order valence-electron chi connectivity index (χ2n) is 8.22. The van der Waals surface area contributed by atoms with Crippen molar-refractivity contribution in [2.24, 2.45) is 23.7 Å². The van der Waals surface area contributed by atoms with E-state index >= 15 is 0 Å². The Morgan fingerprint density at radius 2 is 2.04 bits per heavy atom. The lowest BCUT2D eigenvalue weighted by Gasteiger charge is -2.21. The Morgan fingerprint density at radius 1 is 1.19 bits per heavy atom. The molecule has 2 saturated carbocycles. The molecule has 5 heteroatoms. The molecule has 0 radical (unpaired) electrons. The van der Waals surface area contributed by atoms with Gasteiger partial charge >= 0.3 is 5.97 Å². The van der Waals surface area contributed by atoms with Gasteiger partial charge < -0.3 is 10.1 Å². The third-order valence-electron chi connectivity index (χ3n) is 6.74. The summed E-state index contributed by atoms with van der Waals surface area (Å²) in [4.78, 5) is 26.8. The number of hydrogen-bond acceptors (Lipinski definition) is 4. The molecule has 2 fully saturated rings. The highest BCUT2D eigenvalue weighted by molar-refractivity contribution is 7.17. The van der Waals surface area contributed by atoms with Crippen LogP contribution in [-0.4, -0.2) is 18.5 Å². The third kappa shape index (κ3) is 3.19. The van der Waals surface area contributed by atoms with Crippen LogP contribution in [0.3, 0.4) is 0 Å². The monoisotopic (exact) mass is 375 g/mol. The molecule has 1 heterocycles. The van der Waals surface area contributed by atoms with Crippen LogP contribution in [-0.2, 0) is 22.4 Å². The van der Waals surface area contributed by atoms with Crippen molar-refractivity contribution in [1.29, 1.82) is 0 Å². The Labute approximate surface area is 159 Å². The molecule has 0 saturated heterocycles. The van der Waals surface area contributed by atoms with Gasteiger partial charge in [0.1, 0.15) is 5.00 Å². The molecule has 0 spiro atoms. The predicted octanol–water partition coefficient (Wildman–Crippen LogP) is 4.81. The van der Waals surface area contributed by atoms with E-state index in [0.29, 0.717) is 24.0 Å². The van der Waals surface area contributed by atoms with Gasteiger partial charge in [0.25, 0.3) is 0 Å². The molecule has 142 valence electrons. The van der Waals surface area contributed by atoms with Gasteiger partial charge in [-0.15, -0.1) is 11.3 Å². The van der Waals surface area contributed by atoms with Crippen LogP contribution in [0.25, 0.3) is 0 Å². The van der Waals surface area contributed by atoms with E-state index in [-0.39, 0.29) is 17.8 Å². The number of ether oxygens (including phenoxy) is 1. The van der Waals surface area contributed by atoms with Crippen molar-refractivity contribution in [3.63, 3.8) is 0 Å². The number of thiophene rings is 1. The highest BCUT2D eigenvalue weighted by Gasteiger charge is 2.43. The number of fused-ring (bicyclic) bond motifs is 3. The second kappa shape index (κ2) is 7.34. The lowest BCUT2D eigenvalue weighted by molar-refractivity contribution is -0.121. The van der Waals surface area contributed by atoms with Crippen LogP contribution in [0.15, 0.2) is 0 Å². The van der Waals surface area contributed by atoms with Crippen LogP contribution in [0.5, 0.6) is 0 Å². The van der Waals surface area contributed by atoms with Gasteiger partial charge in [-0.25, -0.2) is 4.79 Å². The molecule has 1 N–H and O–H groups in total. The highest BCUT2D eigenvalue weighted by atomic mass is 32.1. The van der Waals surface area contributed by atoms with Crippen LogP contribution >= 0.6 is 11.3 Å². The normalized spacial score (nSPS) is 29.5. The van der Waals surface area contributed by atoms with E-state index in [9.17, 15) is 9.59 Å². The van der Waals surface area contributed by atoms with Crippen molar-refractivity contribution < 1.29 is 14.3 Å². The van der Waals surface area contributed by atoms with Crippen LogP contribution in [0, 0.1) is 23.7 Å². The molecule has 4 nitrogen and oxygen atoms in total. The maximum atomic E-state index is 12.9. The first-order chi connectivity index (χ1) is 12.6. The number of nitrogens with one attached hydrogen (secondary N) is 1. The van der Waals surface area contributed by atoms with Crippen LogP contribution in [0.2, 0.25) is 0 Å². The van der Waals surface area contributed by atoms with E-state index in [2.05, 4.69) is 12.2 Å². The number of rotatable bonds is 5. The second-order valence-corrected chi connectivity index (χ2v) is 9.32. The fourth-order valence-corrected chi connectivity index (χ4v) is 6.63. The molecule has 0 unspecified atom stereocenters. The quantitative estimate of drug-likeness (QED) is 0.751. The van der Waals surface area contributed by atoms with Crippen molar-refractivity contribution in [2.45, 2.75) is 65.2 Å². The molecule has 3 aliphatic carbocycles. The van der Waals surface area contributed by atoms with Gasteiger partial charge in [0.2, 0.25) is 5.91 Å². The van der Waals surface area contributed by atoms with Gasteiger partial charge in [0.05, 0.1) is 12.2 Å². The van der Waals surface area contributed by atoms with Crippen molar-refractivity contribution >= 4 is 28.2 Å². The minimum atomic E-state index is -0.275. The highest BCUT2D eigenvalue weighted by Crippen LogP contribution is 2.49. The van der Waals surface area contributed by atoms with Crippen molar-refractivity contribution in [1.82, 2.24) is 0 Å². The molecular weight excluding hydrogens is 346 g/mol. The van der Waals surface area contributed by atoms with E-state index in [1.165, 1.54) is 30.6 Å². The van der Waals surface area contributed by atoms with E-state index in [1.807, 2.05) is 6.92 Å². The van der Waals surface area contributed by atoms with Gasteiger partial charge in [-0.1, -0.05) is 19.8 Å². The summed E-state index contributed by atoms with van der Waals surface area (Å²) < 4.78 is 5.32. The Hall–Kier alpha value is -1.36. The van der Waals surface area contributed by atoms with Gasteiger partial charge in [-0.2, -0.15) is 0 Å². The molecule has 1 aromatic heterocycles. The SMILES string of the molecule is CCOC(=O)c1c(NC(=O)[C@H]2C[C@H]3CC[C@@H]2C3)sc2c1CC[C@@H](CC)C2. The van der Waals surface area contributed by atoms with Crippen molar-refractivity contribution in [3.05, 3.63) is 16.0 Å². The first-order valence-electron chi connectivity index (χ1n) is 10.2. The fourth-order valence-electron chi connectivity index (χ4n) is 5.28. The lowest BCUT2D eigenvalue weighted by atomic mass is 9.85. The molecule has 4 rings (SSSR count). The Morgan fingerprint density at radius 3 is 2.69 bits per heavy atom. The van der Waals surface area contributed by atoms with Crippen LogP contribution in [0.4, 0.5) is 5.00 Å².